The molecular formula is C16H23NO4. The van der Waals surface area contributed by atoms with Gasteiger partial charge in [0.25, 0.3) is 0 Å². The van der Waals surface area contributed by atoms with Gasteiger partial charge in [-0.15, -0.1) is 0 Å². The van der Waals surface area contributed by atoms with Gasteiger partial charge in [0.05, 0.1) is 26.7 Å². The molecule has 0 bridgehead atoms. The van der Waals surface area contributed by atoms with Gasteiger partial charge in [0, 0.05) is 18.2 Å². The molecule has 1 N–H and O–H groups in total. The van der Waals surface area contributed by atoms with Gasteiger partial charge in [-0.1, -0.05) is 12.1 Å². The summed E-state index contributed by atoms with van der Waals surface area (Å²) in [7, 11) is 1.38. The van der Waals surface area contributed by atoms with E-state index in [1.165, 1.54) is 20.0 Å². The molecule has 0 aliphatic heterocycles. The summed E-state index contributed by atoms with van der Waals surface area (Å²) in [6.45, 7) is 3.55. The minimum absolute atomic E-state index is 0.229. The second kappa shape index (κ2) is 7.88. The van der Waals surface area contributed by atoms with E-state index >= 15 is 0 Å². The summed E-state index contributed by atoms with van der Waals surface area (Å²) in [5.74, 6) is 1.16. The highest BCUT2D eigenvalue weighted by atomic mass is 16.5. The quantitative estimate of drug-likeness (QED) is 0.708. The SMILES string of the molecule is CCOc1cccc(CNC2CC2)c1OCCC(=O)OC. The fraction of sp³-hybridized carbons (Fsp3) is 0.562. The lowest BCUT2D eigenvalue weighted by Gasteiger charge is -2.16. The van der Waals surface area contributed by atoms with Crippen molar-refractivity contribution in [2.24, 2.45) is 0 Å². The highest BCUT2D eigenvalue weighted by molar-refractivity contribution is 5.69. The molecule has 0 aromatic heterocycles. The number of hydrogen-bond donors (Lipinski definition) is 1. The van der Waals surface area contributed by atoms with Gasteiger partial charge in [-0.2, -0.15) is 0 Å². The van der Waals surface area contributed by atoms with Crippen LogP contribution in [0.5, 0.6) is 11.5 Å². The average Bonchev–Trinajstić information content (AvgIpc) is 3.31. The lowest BCUT2D eigenvalue weighted by molar-refractivity contribution is -0.141. The Hall–Kier alpha value is -1.75. The van der Waals surface area contributed by atoms with Crippen LogP contribution < -0.4 is 14.8 Å². The number of benzene rings is 1. The van der Waals surface area contributed by atoms with E-state index < -0.39 is 0 Å². The Bertz CT molecular complexity index is 471. The molecule has 0 saturated heterocycles. The second-order valence-electron chi connectivity index (χ2n) is 5.01. The Morgan fingerprint density at radius 2 is 2.14 bits per heavy atom. The summed E-state index contributed by atoms with van der Waals surface area (Å²) in [6.07, 6.45) is 2.71. The van der Waals surface area contributed by atoms with E-state index in [4.69, 9.17) is 9.47 Å². The molecular weight excluding hydrogens is 270 g/mol. The lowest BCUT2D eigenvalue weighted by atomic mass is 10.2. The van der Waals surface area contributed by atoms with Gasteiger partial charge in [0.2, 0.25) is 0 Å². The van der Waals surface area contributed by atoms with E-state index in [0.717, 1.165) is 23.6 Å². The molecule has 1 fully saturated rings. The van der Waals surface area contributed by atoms with E-state index in [2.05, 4.69) is 10.1 Å². The Morgan fingerprint density at radius 1 is 1.33 bits per heavy atom. The van der Waals surface area contributed by atoms with Gasteiger partial charge in [-0.3, -0.25) is 4.79 Å². The van der Waals surface area contributed by atoms with Crippen molar-refractivity contribution in [2.45, 2.75) is 38.8 Å². The monoisotopic (exact) mass is 293 g/mol. The van der Waals surface area contributed by atoms with Crippen molar-refractivity contribution in [1.29, 1.82) is 0 Å². The summed E-state index contributed by atoms with van der Waals surface area (Å²) < 4.78 is 16.0. The largest absolute Gasteiger partial charge is 0.490 e. The van der Waals surface area contributed by atoms with Crippen molar-refractivity contribution in [3.8, 4) is 11.5 Å². The molecule has 0 heterocycles. The van der Waals surface area contributed by atoms with Crippen LogP contribution in [0, 0.1) is 0 Å². The van der Waals surface area contributed by atoms with Gasteiger partial charge in [0.15, 0.2) is 11.5 Å². The number of carbonyl (C=O) groups is 1. The Kier molecular flexibility index (Phi) is 5.87. The molecule has 116 valence electrons. The topological polar surface area (TPSA) is 56.8 Å². The van der Waals surface area contributed by atoms with Gasteiger partial charge >= 0.3 is 5.97 Å². The maximum absolute atomic E-state index is 11.2. The van der Waals surface area contributed by atoms with Crippen LogP contribution in [-0.4, -0.2) is 32.3 Å². The maximum atomic E-state index is 11.2. The Balaban J connectivity index is 2.02. The normalized spacial score (nSPS) is 13.8. The third-order valence-corrected chi connectivity index (χ3v) is 3.30. The predicted molar refractivity (Wildman–Crippen MR) is 79.6 cm³/mol. The molecule has 1 aromatic carbocycles. The summed E-state index contributed by atoms with van der Waals surface area (Å²) in [5.41, 5.74) is 1.05. The molecule has 0 unspecified atom stereocenters. The predicted octanol–water partition coefficient (Wildman–Crippen LogP) is 2.28. The first-order valence-corrected chi connectivity index (χ1v) is 7.42. The van der Waals surface area contributed by atoms with Crippen LogP contribution in [0.25, 0.3) is 0 Å². The van der Waals surface area contributed by atoms with Crippen molar-refractivity contribution < 1.29 is 19.0 Å². The van der Waals surface area contributed by atoms with Crippen LogP contribution in [-0.2, 0) is 16.1 Å². The zero-order valence-electron chi connectivity index (χ0n) is 12.7. The Labute approximate surface area is 125 Å². The number of methoxy groups -OCH3 is 1. The van der Waals surface area contributed by atoms with Gasteiger partial charge in [-0.05, 0) is 25.8 Å². The number of hydrogen-bond acceptors (Lipinski definition) is 5. The highest BCUT2D eigenvalue weighted by Crippen LogP contribution is 2.32. The molecule has 2 rings (SSSR count). The lowest BCUT2D eigenvalue weighted by Crippen LogP contribution is -2.17. The van der Waals surface area contributed by atoms with Crippen molar-refractivity contribution in [3.05, 3.63) is 23.8 Å². The molecule has 21 heavy (non-hydrogen) atoms. The first kappa shape index (κ1) is 15.6. The minimum Gasteiger partial charge on any atom is -0.490 e. The number of carbonyl (C=O) groups excluding carboxylic acids is 1. The van der Waals surface area contributed by atoms with Crippen molar-refractivity contribution in [1.82, 2.24) is 5.32 Å². The summed E-state index contributed by atoms with van der Waals surface area (Å²) in [6, 6.07) is 6.49. The molecule has 0 atom stereocenters. The van der Waals surface area contributed by atoms with Crippen molar-refractivity contribution in [2.75, 3.05) is 20.3 Å². The first-order valence-electron chi connectivity index (χ1n) is 7.42. The van der Waals surface area contributed by atoms with Crippen LogP contribution in [0.4, 0.5) is 0 Å². The smallest absolute Gasteiger partial charge is 0.308 e. The molecule has 0 spiro atoms. The zero-order valence-corrected chi connectivity index (χ0v) is 12.7. The van der Waals surface area contributed by atoms with E-state index in [9.17, 15) is 4.79 Å². The molecule has 0 amide bonds. The number of nitrogens with one attached hydrogen (secondary N) is 1. The molecule has 5 heteroatoms. The van der Waals surface area contributed by atoms with E-state index in [1.807, 2.05) is 25.1 Å². The van der Waals surface area contributed by atoms with E-state index in [-0.39, 0.29) is 19.0 Å². The van der Waals surface area contributed by atoms with Crippen molar-refractivity contribution >= 4 is 5.97 Å². The number of rotatable bonds is 9. The maximum Gasteiger partial charge on any atom is 0.308 e. The van der Waals surface area contributed by atoms with E-state index in [1.54, 1.807) is 0 Å². The van der Waals surface area contributed by atoms with Crippen LogP contribution in [0.1, 0.15) is 31.7 Å². The summed E-state index contributed by atoms with van der Waals surface area (Å²) in [4.78, 5) is 11.2. The third-order valence-electron chi connectivity index (χ3n) is 3.30. The second-order valence-corrected chi connectivity index (χ2v) is 5.01. The summed E-state index contributed by atoms with van der Waals surface area (Å²) >= 11 is 0. The minimum atomic E-state index is -0.276. The fourth-order valence-corrected chi connectivity index (χ4v) is 2.01. The average molecular weight is 293 g/mol. The molecule has 5 nitrogen and oxygen atoms in total. The van der Waals surface area contributed by atoms with Crippen LogP contribution in [0.15, 0.2) is 18.2 Å². The number of para-hydroxylation sites is 1. The molecule has 1 saturated carbocycles. The van der Waals surface area contributed by atoms with Crippen LogP contribution in [0.3, 0.4) is 0 Å². The van der Waals surface area contributed by atoms with Crippen LogP contribution in [0.2, 0.25) is 0 Å². The van der Waals surface area contributed by atoms with Gasteiger partial charge in [0.1, 0.15) is 0 Å². The molecule has 1 aliphatic carbocycles. The first-order chi connectivity index (χ1) is 10.2. The number of esters is 1. The summed E-state index contributed by atoms with van der Waals surface area (Å²) in [5, 5.41) is 3.47. The van der Waals surface area contributed by atoms with Crippen LogP contribution >= 0.6 is 0 Å². The van der Waals surface area contributed by atoms with Gasteiger partial charge < -0.3 is 19.5 Å². The number of ether oxygens (including phenoxy) is 3. The molecule has 1 aromatic rings. The van der Waals surface area contributed by atoms with Crippen molar-refractivity contribution in [3.63, 3.8) is 0 Å². The fourth-order valence-electron chi connectivity index (χ4n) is 2.01. The highest BCUT2D eigenvalue weighted by Gasteiger charge is 2.21. The standard InChI is InChI=1S/C16H23NO4/c1-3-20-14-6-4-5-12(11-17-13-7-8-13)16(14)21-10-9-15(18)19-2/h4-6,13,17H,3,7-11H2,1-2H3. The third kappa shape index (κ3) is 4.93. The van der Waals surface area contributed by atoms with Gasteiger partial charge in [-0.25, -0.2) is 0 Å². The zero-order chi connectivity index (χ0) is 15.1. The Morgan fingerprint density at radius 3 is 2.81 bits per heavy atom. The van der Waals surface area contributed by atoms with E-state index in [0.29, 0.717) is 12.6 Å². The molecule has 1 aliphatic rings. The molecule has 0 radical (unpaired) electrons.